The third kappa shape index (κ3) is 3.55. The van der Waals surface area contributed by atoms with E-state index in [9.17, 15) is 4.79 Å². The van der Waals surface area contributed by atoms with Gasteiger partial charge in [0.1, 0.15) is 4.88 Å². The molecule has 0 spiro atoms. The summed E-state index contributed by atoms with van der Waals surface area (Å²) in [7, 11) is 1.36. The summed E-state index contributed by atoms with van der Waals surface area (Å²) in [4.78, 5) is 12.1. The summed E-state index contributed by atoms with van der Waals surface area (Å²) in [6.07, 6.45) is 0. The number of anilines is 2. The van der Waals surface area contributed by atoms with Crippen molar-refractivity contribution in [2.75, 3.05) is 17.7 Å². The number of thiocarbonyl (C=S) groups is 1. The number of thiophene rings is 1. The van der Waals surface area contributed by atoms with Crippen molar-refractivity contribution in [1.29, 1.82) is 0 Å². The van der Waals surface area contributed by atoms with Crippen molar-refractivity contribution in [1.82, 2.24) is 0 Å². The van der Waals surface area contributed by atoms with Gasteiger partial charge in [0, 0.05) is 5.69 Å². The Morgan fingerprint density at radius 2 is 2.10 bits per heavy atom. The quantitative estimate of drug-likeness (QED) is 0.669. The summed E-state index contributed by atoms with van der Waals surface area (Å²) in [5, 5.41) is 8.32. The van der Waals surface area contributed by atoms with Gasteiger partial charge in [0.05, 0.1) is 12.8 Å². The Morgan fingerprint density at radius 1 is 1.30 bits per heavy atom. The second-order valence-electron chi connectivity index (χ2n) is 4.10. The average Bonchev–Trinajstić information content (AvgIpc) is 2.85. The first-order valence-electron chi connectivity index (χ1n) is 5.90. The van der Waals surface area contributed by atoms with Gasteiger partial charge in [-0.1, -0.05) is 12.1 Å². The van der Waals surface area contributed by atoms with Crippen LogP contribution in [0.4, 0.5) is 11.4 Å². The third-order valence-corrected chi connectivity index (χ3v) is 3.66. The first-order valence-corrected chi connectivity index (χ1v) is 7.19. The lowest BCUT2D eigenvalue weighted by molar-refractivity contribution is 0.0607. The smallest absolute Gasteiger partial charge is 0.350 e. The van der Waals surface area contributed by atoms with E-state index in [1.54, 1.807) is 6.07 Å². The van der Waals surface area contributed by atoms with E-state index >= 15 is 0 Å². The number of esters is 1. The molecule has 2 rings (SSSR count). The Balaban J connectivity index is 2.05. The molecule has 0 fully saturated rings. The Labute approximate surface area is 126 Å². The van der Waals surface area contributed by atoms with Crippen LogP contribution in [0.15, 0.2) is 35.7 Å². The number of hydrogen-bond donors (Lipinski definition) is 2. The van der Waals surface area contributed by atoms with Crippen LogP contribution in [0.5, 0.6) is 0 Å². The first-order chi connectivity index (χ1) is 9.60. The van der Waals surface area contributed by atoms with Gasteiger partial charge in [0.25, 0.3) is 0 Å². The molecule has 0 bridgehead atoms. The lowest BCUT2D eigenvalue weighted by atomic mass is 10.2. The molecule has 0 radical (unpaired) electrons. The number of carbonyl (C=O) groups excluding carboxylic acids is 1. The van der Waals surface area contributed by atoms with Crippen LogP contribution < -0.4 is 10.6 Å². The van der Waals surface area contributed by atoms with Crippen molar-refractivity contribution in [3.8, 4) is 0 Å². The highest BCUT2D eigenvalue weighted by Crippen LogP contribution is 2.23. The molecule has 0 unspecified atom stereocenters. The molecule has 104 valence electrons. The number of nitrogens with one attached hydrogen (secondary N) is 2. The standard InChI is InChI=1S/C14H14N2O2S2/c1-9-4-3-5-10(8-9)15-14(19)16-11-6-7-20-12(11)13(17)18-2/h3-8H,1-2H3,(H2,15,16,19). The molecule has 0 amide bonds. The summed E-state index contributed by atoms with van der Waals surface area (Å²) in [6.45, 7) is 2.01. The molecule has 1 heterocycles. The van der Waals surface area contributed by atoms with Crippen LogP contribution in [0.25, 0.3) is 0 Å². The van der Waals surface area contributed by atoms with Gasteiger partial charge >= 0.3 is 5.97 Å². The monoisotopic (exact) mass is 306 g/mol. The van der Waals surface area contributed by atoms with E-state index in [0.717, 1.165) is 11.3 Å². The van der Waals surface area contributed by atoms with E-state index in [0.29, 0.717) is 15.7 Å². The molecule has 1 aromatic carbocycles. The minimum absolute atomic E-state index is 0.374. The highest BCUT2D eigenvalue weighted by Gasteiger charge is 2.14. The van der Waals surface area contributed by atoms with Crippen LogP contribution in [-0.4, -0.2) is 18.2 Å². The van der Waals surface area contributed by atoms with E-state index in [1.165, 1.54) is 18.4 Å². The van der Waals surface area contributed by atoms with E-state index in [2.05, 4.69) is 10.6 Å². The fraction of sp³-hybridized carbons (Fsp3) is 0.143. The van der Waals surface area contributed by atoms with Gasteiger partial charge in [0.2, 0.25) is 0 Å². The topological polar surface area (TPSA) is 50.4 Å². The molecular formula is C14H14N2O2S2. The molecule has 0 aliphatic rings. The zero-order valence-electron chi connectivity index (χ0n) is 11.1. The zero-order valence-corrected chi connectivity index (χ0v) is 12.7. The Hall–Kier alpha value is -1.92. The van der Waals surface area contributed by atoms with Crippen LogP contribution in [0.1, 0.15) is 15.2 Å². The van der Waals surface area contributed by atoms with Crippen molar-refractivity contribution < 1.29 is 9.53 Å². The largest absolute Gasteiger partial charge is 0.465 e. The van der Waals surface area contributed by atoms with E-state index < -0.39 is 0 Å². The molecule has 0 saturated heterocycles. The SMILES string of the molecule is COC(=O)c1sccc1NC(=S)Nc1cccc(C)c1. The minimum atomic E-state index is -0.374. The molecule has 2 N–H and O–H groups in total. The number of rotatable bonds is 3. The number of methoxy groups -OCH3 is 1. The van der Waals surface area contributed by atoms with Gasteiger partial charge in [0.15, 0.2) is 5.11 Å². The molecule has 0 atom stereocenters. The maximum absolute atomic E-state index is 11.6. The fourth-order valence-electron chi connectivity index (χ4n) is 1.67. The molecule has 0 aliphatic carbocycles. The minimum Gasteiger partial charge on any atom is -0.465 e. The van der Waals surface area contributed by atoms with Crippen LogP contribution >= 0.6 is 23.6 Å². The number of aryl methyl sites for hydroxylation is 1. The van der Waals surface area contributed by atoms with Crippen molar-refractivity contribution in [3.63, 3.8) is 0 Å². The average molecular weight is 306 g/mol. The summed E-state index contributed by atoms with van der Waals surface area (Å²) in [6, 6.07) is 9.67. The van der Waals surface area contributed by atoms with Gasteiger partial charge in [-0.05, 0) is 48.3 Å². The van der Waals surface area contributed by atoms with Crippen LogP contribution in [-0.2, 0) is 4.74 Å². The van der Waals surface area contributed by atoms with Crippen molar-refractivity contribution in [3.05, 3.63) is 46.2 Å². The second-order valence-corrected chi connectivity index (χ2v) is 5.43. The number of benzene rings is 1. The molecule has 20 heavy (non-hydrogen) atoms. The predicted molar refractivity (Wildman–Crippen MR) is 86.7 cm³/mol. The Morgan fingerprint density at radius 3 is 2.80 bits per heavy atom. The molecule has 1 aromatic heterocycles. The van der Waals surface area contributed by atoms with E-state index in [-0.39, 0.29) is 5.97 Å². The van der Waals surface area contributed by atoms with E-state index in [4.69, 9.17) is 17.0 Å². The molecule has 2 aromatic rings. The fourth-order valence-corrected chi connectivity index (χ4v) is 2.66. The Kier molecular flexibility index (Phi) is 4.70. The number of carbonyl (C=O) groups is 1. The molecule has 6 heteroatoms. The highest BCUT2D eigenvalue weighted by molar-refractivity contribution is 7.80. The molecule has 0 saturated carbocycles. The predicted octanol–water partition coefficient (Wildman–Crippen LogP) is 3.65. The van der Waals surface area contributed by atoms with Crippen molar-refractivity contribution in [2.24, 2.45) is 0 Å². The summed E-state index contributed by atoms with van der Waals surface area (Å²) < 4.78 is 4.72. The summed E-state index contributed by atoms with van der Waals surface area (Å²) in [5.74, 6) is -0.374. The lowest BCUT2D eigenvalue weighted by Gasteiger charge is -2.11. The van der Waals surface area contributed by atoms with Crippen molar-refractivity contribution in [2.45, 2.75) is 6.92 Å². The van der Waals surface area contributed by atoms with Crippen LogP contribution in [0, 0.1) is 6.92 Å². The van der Waals surface area contributed by atoms with Gasteiger partial charge in [-0.2, -0.15) is 0 Å². The molecular weight excluding hydrogens is 292 g/mol. The van der Waals surface area contributed by atoms with Crippen molar-refractivity contribution >= 4 is 46.0 Å². The third-order valence-electron chi connectivity index (χ3n) is 2.56. The van der Waals surface area contributed by atoms with E-state index in [1.807, 2.05) is 36.6 Å². The van der Waals surface area contributed by atoms with Crippen LogP contribution in [0.2, 0.25) is 0 Å². The maximum Gasteiger partial charge on any atom is 0.350 e. The first kappa shape index (κ1) is 14.5. The lowest BCUT2D eigenvalue weighted by Crippen LogP contribution is -2.20. The Bertz CT molecular complexity index is 638. The van der Waals surface area contributed by atoms with Gasteiger partial charge in [-0.15, -0.1) is 11.3 Å². The molecule has 0 aliphatic heterocycles. The highest BCUT2D eigenvalue weighted by atomic mass is 32.1. The molecule has 4 nitrogen and oxygen atoms in total. The number of hydrogen-bond acceptors (Lipinski definition) is 4. The van der Waals surface area contributed by atoms with Crippen LogP contribution in [0.3, 0.4) is 0 Å². The normalized spacial score (nSPS) is 9.90. The summed E-state index contributed by atoms with van der Waals surface area (Å²) in [5.41, 5.74) is 2.69. The van der Waals surface area contributed by atoms with Gasteiger partial charge in [-0.3, -0.25) is 0 Å². The number of ether oxygens (including phenoxy) is 1. The second kappa shape index (κ2) is 6.49. The van der Waals surface area contributed by atoms with Gasteiger partial charge < -0.3 is 15.4 Å². The maximum atomic E-state index is 11.6. The summed E-state index contributed by atoms with van der Waals surface area (Å²) >= 11 is 6.55. The zero-order chi connectivity index (χ0) is 14.5. The van der Waals surface area contributed by atoms with Gasteiger partial charge in [-0.25, -0.2) is 4.79 Å².